The van der Waals surface area contributed by atoms with Gasteiger partial charge in [0.1, 0.15) is 0 Å². The number of hydrogen-bond acceptors (Lipinski definition) is 6. The number of carbonyl (C=O) groups excluding carboxylic acids is 1. The van der Waals surface area contributed by atoms with Crippen molar-refractivity contribution in [2.45, 2.75) is 18.9 Å². The maximum Gasteiger partial charge on any atom is 0.362 e. The summed E-state index contributed by atoms with van der Waals surface area (Å²) in [6.45, 7) is 1.78. The number of aromatic nitrogens is 2. The van der Waals surface area contributed by atoms with Crippen molar-refractivity contribution < 1.29 is 14.5 Å². The van der Waals surface area contributed by atoms with Crippen molar-refractivity contribution in [1.82, 2.24) is 20.4 Å². The Bertz CT molecular complexity index is 507. The quantitative estimate of drug-likeness (QED) is 0.600. The third kappa shape index (κ3) is 2.87. The van der Waals surface area contributed by atoms with Crippen LogP contribution in [0.25, 0.3) is 0 Å². The smallest absolute Gasteiger partial charge is 0.362 e. The zero-order chi connectivity index (χ0) is 14.7. The van der Waals surface area contributed by atoms with Gasteiger partial charge in [-0.15, -0.1) is 5.10 Å². The van der Waals surface area contributed by atoms with Crippen LogP contribution in [-0.4, -0.2) is 59.2 Å². The molecule has 0 bridgehead atoms. The predicted molar refractivity (Wildman–Crippen MR) is 69.8 cm³/mol. The standard InChI is InChI=1S/C11H17N5O4/c1-15-5-3-7(4-6-15)12-10(17)8-9(16(18)19)11(20-2)14-13-8/h7H,3-6H2,1-2H3,(H,12,17)(H,13,14). The van der Waals surface area contributed by atoms with E-state index < -0.39 is 16.5 Å². The zero-order valence-electron chi connectivity index (χ0n) is 11.4. The molecule has 2 N–H and O–H groups in total. The van der Waals surface area contributed by atoms with Crippen LogP contribution in [0.4, 0.5) is 5.69 Å². The van der Waals surface area contributed by atoms with E-state index in [1.165, 1.54) is 7.11 Å². The number of amides is 1. The average Bonchev–Trinajstić information content (AvgIpc) is 2.85. The van der Waals surface area contributed by atoms with E-state index in [1.54, 1.807) is 0 Å². The van der Waals surface area contributed by atoms with Crippen molar-refractivity contribution >= 4 is 11.6 Å². The number of carbonyl (C=O) groups is 1. The summed E-state index contributed by atoms with van der Waals surface area (Å²) in [5.41, 5.74) is -0.608. The number of ether oxygens (including phenoxy) is 1. The second kappa shape index (κ2) is 5.87. The van der Waals surface area contributed by atoms with Crippen LogP contribution >= 0.6 is 0 Å². The second-order valence-electron chi connectivity index (χ2n) is 4.76. The molecule has 0 aliphatic carbocycles. The van der Waals surface area contributed by atoms with Crippen LogP contribution in [0, 0.1) is 10.1 Å². The highest BCUT2D eigenvalue weighted by molar-refractivity contribution is 5.97. The van der Waals surface area contributed by atoms with Crippen molar-refractivity contribution in [3.05, 3.63) is 15.8 Å². The Morgan fingerprint density at radius 2 is 2.20 bits per heavy atom. The number of nitrogens with one attached hydrogen (secondary N) is 2. The summed E-state index contributed by atoms with van der Waals surface area (Å²) in [6.07, 6.45) is 1.64. The van der Waals surface area contributed by atoms with E-state index >= 15 is 0 Å². The normalized spacial score (nSPS) is 16.9. The summed E-state index contributed by atoms with van der Waals surface area (Å²) in [7, 11) is 3.28. The lowest BCUT2D eigenvalue weighted by atomic mass is 10.1. The fourth-order valence-corrected chi connectivity index (χ4v) is 2.20. The second-order valence-corrected chi connectivity index (χ2v) is 4.76. The van der Waals surface area contributed by atoms with Crippen molar-refractivity contribution in [2.75, 3.05) is 27.2 Å². The van der Waals surface area contributed by atoms with E-state index in [4.69, 9.17) is 4.74 Å². The van der Waals surface area contributed by atoms with Gasteiger partial charge in [-0.05, 0) is 33.0 Å². The molecular formula is C11H17N5O4. The van der Waals surface area contributed by atoms with Gasteiger partial charge < -0.3 is 15.0 Å². The van der Waals surface area contributed by atoms with E-state index in [9.17, 15) is 14.9 Å². The molecule has 1 aromatic heterocycles. The van der Waals surface area contributed by atoms with Crippen molar-refractivity contribution in [3.63, 3.8) is 0 Å². The van der Waals surface area contributed by atoms with Crippen LogP contribution in [0.15, 0.2) is 0 Å². The monoisotopic (exact) mass is 283 g/mol. The van der Waals surface area contributed by atoms with E-state index in [2.05, 4.69) is 20.4 Å². The summed E-state index contributed by atoms with van der Waals surface area (Å²) in [6, 6.07) is 0.0209. The molecule has 2 rings (SSSR count). The Morgan fingerprint density at radius 3 is 2.75 bits per heavy atom. The van der Waals surface area contributed by atoms with Crippen LogP contribution in [0.2, 0.25) is 0 Å². The van der Waals surface area contributed by atoms with Crippen LogP contribution in [0.5, 0.6) is 5.88 Å². The largest absolute Gasteiger partial charge is 0.475 e. The number of nitro groups is 1. The maximum atomic E-state index is 12.1. The molecular weight excluding hydrogens is 266 g/mol. The minimum Gasteiger partial charge on any atom is -0.475 e. The maximum absolute atomic E-state index is 12.1. The minimum atomic E-state index is -0.675. The third-order valence-electron chi connectivity index (χ3n) is 3.37. The topological polar surface area (TPSA) is 113 Å². The van der Waals surface area contributed by atoms with Gasteiger partial charge in [-0.3, -0.25) is 20.0 Å². The highest BCUT2D eigenvalue weighted by Gasteiger charge is 2.31. The molecule has 1 aliphatic heterocycles. The molecule has 110 valence electrons. The molecule has 1 saturated heterocycles. The van der Waals surface area contributed by atoms with Gasteiger partial charge in [-0.25, -0.2) is 0 Å². The van der Waals surface area contributed by atoms with Gasteiger partial charge in [0.05, 0.1) is 12.0 Å². The Morgan fingerprint density at radius 1 is 1.55 bits per heavy atom. The average molecular weight is 283 g/mol. The van der Waals surface area contributed by atoms with Gasteiger partial charge in [-0.2, -0.15) is 0 Å². The summed E-state index contributed by atoms with van der Waals surface area (Å²) >= 11 is 0. The Balaban J connectivity index is 2.09. The molecule has 20 heavy (non-hydrogen) atoms. The van der Waals surface area contributed by atoms with Crippen LogP contribution in [0.1, 0.15) is 23.3 Å². The van der Waals surface area contributed by atoms with Crippen LogP contribution in [0.3, 0.4) is 0 Å². The van der Waals surface area contributed by atoms with Crippen LogP contribution in [-0.2, 0) is 0 Å². The van der Waals surface area contributed by atoms with E-state index in [-0.39, 0.29) is 17.6 Å². The molecule has 9 nitrogen and oxygen atoms in total. The van der Waals surface area contributed by atoms with Gasteiger partial charge in [-0.1, -0.05) is 0 Å². The van der Waals surface area contributed by atoms with E-state index in [0.29, 0.717) is 0 Å². The zero-order valence-corrected chi connectivity index (χ0v) is 11.4. The number of nitrogens with zero attached hydrogens (tertiary/aromatic N) is 3. The number of hydrogen-bond donors (Lipinski definition) is 2. The molecule has 0 unspecified atom stereocenters. The summed E-state index contributed by atoms with van der Waals surface area (Å²) in [4.78, 5) is 24.6. The van der Waals surface area contributed by atoms with Gasteiger partial charge in [0.15, 0.2) is 0 Å². The highest BCUT2D eigenvalue weighted by Crippen LogP contribution is 2.27. The first-order valence-electron chi connectivity index (χ1n) is 6.29. The fraction of sp³-hybridized carbons (Fsp3) is 0.636. The molecule has 1 fully saturated rings. The third-order valence-corrected chi connectivity index (χ3v) is 3.37. The molecule has 0 radical (unpaired) electrons. The molecule has 1 aliphatic rings. The van der Waals surface area contributed by atoms with Crippen molar-refractivity contribution in [2.24, 2.45) is 0 Å². The molecule has 0 atom stereocenters. The van der Waals surface area contributed by atoms with E-state index in [1.807, 2.05) is 7.05 Å². The summed E-state index contributed by atoms with van der Waals surface area (Å²) < 4.78 is 4.77. The lowest BCUT2D eigenvalue weighted by Crippen LogP contribution is -2.43. The molecule has 9 heteroatoms. The molecule has 2 heterocycles. The summed E-state index contributed by atoms with van der Waals surface area (Å²) in [5, 5.41) is 19.8. The molecule has 0 spiro atoms. The first kappa shape index (κ1) is 14.3. The minimum absolute atomic E-state index is 0.0209. The highest BCUT2D eigenvalue weighted by atomic mass is 16.6. The van der Waals surface area contributed by atoms with Gasteiger partial charge >= 0.3 is 11.6 Å². The Hall–Kier alpha value is -2.16. The number of piperidine rings is 1. The summed E-state index contributed by atoms with van der Waals surface area (Å²) in [5.74, 6) is -0.717. The number of H-pyrrole nitrogens is 1. The first-order chi connectivity index (χ1) is 9.52. The van der Waals surface area contributed by atoms with Crippen LogP contribution < -0.4 is 10.1 Å². The molecule has 1 amide bonds. The number of likely N-dealkylation sites (tertiary alicyclic amines) is 1. The first-order valence-corrected chi connectivity index (χ1v) is 6.29. The number of aromatic amines is 1. The fourth-order valence-electron chi connectivity index (χ4n) is 2.20. The number of methoxy groups -OCH3 is 1. The van der Waals surface area contributed by atoms with Crippen molar-refractivity contribution in [1.29, 1.82) is 0 Å². The number of rotatable bonds is 4. The van der Waals surface area contributed by atoms with Gasteiger partial charge in [0.2, 0.25) is 5.69 Å². The molecule has 1 aromatic rings. The molecule has 0 aromatic carbocycles. The van der Waals surface area contributed by atoms with Crippen molar-refractivity contribution in [3.8, 4) is 5.88 Å². The lowest BCUT2D eigenvalue weighted by molar-refractivity contribution is -0.386. The molecule has 0 saturated carbocycles. The Kier molecular flexibility index (Phi) is 4.18. The van der Waals surface area contributed by atoms with Gasteiger partial charge in [0, 0.05) is 6.04 Å². The lowest BCUT2D eigenvalue weighted by Gasteiger charge is -2.29. The SMILES string of the molecule is COc1n[nH]c(C(=O)NC2CCN(C)CC2)c1[N+](=O)[O-]. The predicted octanol–water partition coefficient (Wildman–Crippen LogP) is 0.151. The van der Waals surface area contributed by atoms with E-state index in [0.717, 1.165) is 25.9 Å². The van der Waals surface area contributed by atoms with Gasteiger partial charge in [0.25, 0.3) is 5.91 Å². The Labute approximate surface area is 115 Å².